The van der Waals surface area contributed by atoms with Crippen molar-refractivity contribution in [1.82, 2.24) is 24.3 Å². The van der Waals surface area contributed by atoms with Crippen molar-refractivity contribution < 1.29 is 8.78 Å². The van der Waals surface area contributed by atoms with Crippen LogP contribution in [0, 0.1) is 6.92 Å². The molecule has 0 unspecified atom stereocenters. The lowest BCUT2D eigenvalue weighted by Crippen LogP contribution is -2.04. The van der Waals surface area contributed by atoms with Gasteiger partial charge < -0.3 is 0 Å². The van der Waals surface area contributed by atoms with Crippen molar-refractivity contribution in [2.45, 2.75) is 30.9 Å². The Hall–Kier alpha value is -2.48. The summed E-state index contributed by atoms with van der Waals surface area (Å²) in [7, 11) is 0. The molecule has 0 spiro atoms. The zero-order valence-electron chi connectivity index (χ0n) is 13.6. The zero-order valence-corrected chi connectivity index (χ0v) is 14.5. The van der Waals surface area contributed by atoms with E-state index in [2.05, 4.69) is 21.8 Å². The van der Waals surface area contributed by atoms with E-state index in [-0.39, 0.29) is 5.75 Å². The normalized spacial score (nSPS) is 11.2. The topological polar surface area (TPSA) is 48.5 Å². The maximum absolute atomic E-state index is 12.9. The fourth-order valence-corrected chi connectivity index (χ4v) is 3.35. The van der Waals surface area contributed by atoms with E-state index in [4.69, 9.17) is 0 Å². The van der Waals surface area contributed by atoms with E-state index >= 15 is 0 Å². The second-order valence-corrected chi connectivity index (χ2v) is 6.33. The zero-order chi connectivity index (χ0) is 17.8. The van der Waals surface area contributed by atoms with Crippen molar-refractivity contribution >= 4 is 11.8 Å². The van der Waals surface area contributed by atoms with Crippen molar-refractivity contribution in [2.24, 2.45) is 0 Å². The second-order valence-electron chi connectivity index (χ2n) is 5.39. The Labute approximate surface area is 148 Å². The predicted octanol–water partition coefficient (Wildman–Crippen LogP) is 4.32. The largest absolute Gasteiger partial charge is 0.319 e. The van der Waals surface area contributed by atoms with Crippen molar-refractivity contribution in [1.29, 1.82) is 0 Å². The first kappa shape index (κ1) is 17.3. The monoisotopic (exact) mass is 361 g/mol. The molecule has 2 heterocycles. The molecule has 1 aromatic carbocycles. The molecule has 3 aromatic rings. The Balaban J connectivity index is 1.87. The summed E-state index contributed by atoms with van der Waals surface area (Å²) >= 11 is 1.32. The first-order chi connectivity index (χ1) is 12.1. The molecule has 0 radical (unpaired) electrons. The molecule has 0 fully saturated rings. The molecule has 25 heavy (non-hydrogen) atoms. The van der Waals surface area contributed by atoms with Crippen LogP contribution in [-0.4, -0.2) is 24.3 Å². The number of alkyl halides is 2. The molecule has 3 rings (SSSR count). The Morgan fingerprint density at radius 2 is 2.16 bits per heavy atom. The molecule has 0 amide bonds. The van der Waals surface area contributed by atoms with E-state index in [0.29, 0.717) is 17.5 Å². The van der Waals surface area contributed by atoms with Gasteiger partial charge in [-0.15, -0.1) is 16.8 Å². The minimum atomic E-state index is -2.60. The molecule has 5 nitrogen and oxygen atoms in total. The number of hydrogen-bond acceptors (Lipinski definition) is 4. The van der Waals surface area contributed by atoms with Gasteiger partial charge in [-0.1, -0.05) is 41.6 Å². The van der Waals surface area contributed by atoms with Crippen LogP contribution in [0.5, 0.6) is 0 Å². The molecule has 8 heteroatoms. The number of benzene rings is 1. The highest BCUT2D eigenvalue weighted by Gasteiger charge is 2.16. The number of nitrogens with zero attached hydrogens (tertiary/aromatic N) is 5. The van der Waals surface area contributed by atoms with Crippen LogP contribution in [0.1, 0.15) is 17.9 Å². The molecular weight excluding hydrogens is 344 g/mol. The third-order valence-corrected chi connectivity index (χ3v) is 4.56. The average Bonchev–Trinajstić information content (AvgIpc) is 3.20. The number of hydrogen-bond donors (Lipinski definition) is 0. The van der Waals surface area contributed by atoms with Crippen LogP contribution >= 0.6 is 11.8 Å². The van der Waals surface area contributed by atoms with Crippen molar-refractivity contribution in [3.63, 3.8) is 0 Å². The van der Waals surface area contributed by atoms with Crippen molar-refractivity contribution in [3.8, 4) is 11.4 Å². The van der Waals surface area contributed by atoms with Gasteiger partial charge in [-0.05, 0) is 13.0 Å². The number of halogens is 2. The Kier molecular flexibility index (Phi) is 5.28. The summed E-state index contributed by atoms with van der Waals surface area (Å²) in [5.41, 5.74) is 2.08. The molecule has 0 aliphatic heterocycles. The van der Waals surface area contributed by atoms with Gasteiger partial charge in [0.25, 0.3) is 0 Å². The number of thioether (sulfide) groups is 1. The molecule has 0 atom stereocenters. The van der Waals surface area contributed by atoms with Gasteiger partial charge in [-0.2, -0.15) is 8.78 Å². The average molecular weight is 361 g/mol. The van der Waals surface area contributed by atoms with Gasteiger partial charge >= 0.3 is 6.55 Å². The van der Waals surface area contributed by atoms with Gasteiger partial charge in [0.2, 0.25) is 0 Å². The lowest BCUT2D eigenvalue weighted by molar-refractivity contribution is 0.0678. The van der Waals surface area contributed by atoms with Gasteiger partial charge in [0, 0.05) is 24.5 Å². The highest BCUT2D eigenvalue weighted by Crippen LogP contribution is 2.27. The van der Waals surface area contributed by atoms with E-state index < -0.39 is 6.55 Å². The number of allylic oxidation sites excluding steroid dienone is 1. The second kappa shape index (κ2) is 7.60. The molecule has 0 aliphatic rings. The summed E-state index contributed by atoms with van der Waals surface area (Å²) in [6.45, 7) is 3.71. The summed E-state index contributed by atoms with van der Waals surface area (Å²) in [5.74, 6) is 1.30. The summed E-state index contributed by atoms with van der Waals surface area (Å²) in [5, 5.41) is 9.13. The number of aryl methyl sites for hydroxylation is 1. The van der Waals surface area contributed by atoms with Gasteiger partial charge in [0.05, 0.1) is 5.75 Å². The van der Waals surface area contributed by atoms with Crippen molar-refractivity contribution in [2.75, 3.05) is 0 Å². The van der Waals surface area contributed by atoms with Crippen LogP contribution in [0.25, 0.3) is 11.4 Å². The Morgan fingerprint density at radius 1 is 1.32 bits per heavy atom. The quantitative estimate of drug-likeness (QED) is 0.464. The third-order valence-electron chi connectivity index (χ3n) is 3.59. The van der Waals surface area contributed by atoms with E-state index in [1.807, 2.05) is 35.8 Å². The Morgan fingerprint density at radius 3 is 2.88 bits per heavy atom. The SMILES string of the molecule is C=CCn1c(SCc2nccn2C(F)F)nnc1-c1cccc(C)c1. The number of imidazole rings is 1. The molecule has 0 saturated heterocycles. The third kappa shape index (κ3) is 3.79. The van der Waals surface area contributed by atoms with E-state index in [1.54, 1.807) is 6.08 Å². The maximum atomic E-state index is 12.9. The first-order valence-electron chi connectivity index (χ1n) is 7.64. The number of rotatable bonds is 7. The molecule has 130 valence electrons. The standard InChI is InChI=1S/C17H17F2N5S/c1-3-8-24-15(13-6-4-5-12(2)10-13)21-22-17(24)25-11-14-20-7-9-23(14)16(18)19/h3-7,9-10,16H,1,8,11H2,2H3. The summed E-state index contributed by atoms with van der Waals surface area (Å²) < 4.78 is 28.6. The lowest BCUT2D eigenvalue weighted by atomic mass is 10.1. The lowest BCUT2D eigenvalue weighted by Gasteiger charge is -2.09. The fourth-order valence-electron chi connectivity index (χ4n) is 2.45. The van der Waals surface area contributed by atoms with E-state index in [1.165, 1.54) is 24.2 Å². The van der Waals surface area contributed by atoms with Crippen LogP contribution in [0.15, 0.2) is 54.5 Å². The Bertz CT molecular complexity index is 872. The van der Waals surface area contributed by atoms with Crippen LogP contribution in [-0.2, 0) is 12.3 Å². The van der Waals surface area contributed by atoms with E-state index in [0.717, 1.165) is 21.5 Å². The van der Waals surface area contributed by atoms with Gasteiger partial charge in [-0.25, -0.2) is 4.98 Å². The molecule has 2 aromatic heterocycles. The van der Waals surface area contributed by atoms with Crippen molar-refractivity contribution in [3.05, 3.63) is 60.7 Å². The molecule has 0 saturated carbocycles. The number of aromatic nitrogens is 5. The van der Waals surface area contributed by atoms with Crippen LogP contribution in [0.3, 0.4) is 0 Å². The molecule has 0 bridgehead atoms. The van der Waals surface area contributed by atoms with Gasteiger partial charge in [0.1, 0.15) is 5.82 Å². The summed E-state index contributed by atoms with van der Waals surface area (Å²) in [6.07, 6.45) is 4.40. The van der Waals surface area contributed by atoms with Crippen LogP contribution in [0.2, 0.25) is 0 Å². The van der Waals surface area contributed by atoms with Gasteiger partial charge in [-0.3, -0.25) is 9.13 Å². The predicted molar refractivity (Wildman–Crippen MR) is 93.4 cm³/mol. The molecular formula is C17H17F2N5S. The smallest absolute Gasteiger partial charge is 0.298 e. The summed E-state index contributed by atoms with van der Waals surface area (Å²) in [6, 6.07) is 7.97. The minimum absolute atomic E-state index is 0.278. The van der Waals surface area contributed by atoms with Crippen LogP contribution in [0.4, 0.5) is 8.78 Å². The molecule has 0 aliphatic carbocycles. The fraction of sp³-hybridized carbons (Fsp3) is 0.235. The highest BCUT2D eigenvalue weighted by molar-refractivity contribution is 7.98. The first-order valence-corrected chi connectivity index (χ1v) is 8.62. The molecule has 0 N–H and O–H groups in total. The van der Waals surface area contributed by atoms with Gasteiger partial charge in [0.15, 0.2) is 11.0 Å². The minimum Gasteiger partial charge on any atom is -0.298 e. The van der Waals surface area contributed by atoms with Crippen LogP contribution < -0.4 is 0 Å². The maximum Gasteiger partial charge on any atom is 0.319 e. The van der Waals surface area contributed by atoms with E-state index in [9.17, 15) is 8.78 Å². The highest BCUT2D eigenvalue weighted by atomic mass is 32.2. The summed E-state index contributed by atoms with van der Waals surface area (Å²) in [4.78, 5) is 3.99.